The lowest BCUT2D eigenvalue weighted by atomic mass is 10.1. The van der Waals surface area contributed by atoms with Gasteiger partial charge in [-0.15, -0.1) is 0 Å². The van der Waals surface area contributed by atoms with E-state index in [1.807, 2.05) is 18.2 Å². The van der Waals surface area contributed by atoms with Crippen LogP contribution in [0.15, 0.2) is 47.4 Å². The lowest BCUT2D eigenvalue weighted by Gasteiger charge is -1.99. The molecule has 22 heavy (non-hydrogen) atoms. The van der Waals surface area contributed by atoms with Crippen LogP contribution in [0.4, 0.5) is 0 Å². The normalized spacial score (nSPS) is 13.2. The quantitative estimate of drug-likeness (QED) is 0.481. The van der Waals surface area contributed by atoms with Gasteiger partial charge in [0.05, 0.1) is 4.90 Å². The zero-order valence-electron chi connectivity index (χ0n) is 11.5. The molecule has 2 aromatic carbocycles. The molecule has 0 amide bonds. The second-order valence-corrected chi connectivity index (χ2v) is 6.90. The summed E-state index contributed by atoms with van der Waals surface area (Å²) in [7, 11) is -6.32. The van der Waals surface area contributed by atoms with Gasteiger partial charge in [-0.25, -0.2) is 0 Å². The van der Waals surface area contributed by atoms with Gasteiger partial charge in [-0.3, -0.25) is 4.55 Å². The number of hydrogen-bond donors (Lipinski definition) is 4. The zero-order chi connectivity index (χ0) is 16.8. The van der Waals surface area contributed by atoms with E-state index in [9.17, 15) is 13.0 Å². The lowest BCUT2D eigenvalue weighted by Crippen LogP contribution is -2.21. The summed E-state index contributed by atoms with van der Waals surface area (Å²) in [5, 5.41) is 10.3. The molecule has 0 bridgehead atoms. The highest BCUT2D eigenvalue weighted by Crippen LogP contribution is 2.18. The van der Waals surface area contributed by atoms with Crippen LogP contribution in [0.2, 0.25) is 0 Å². The third kappa shape index (κ3) is 6.15. The number of fused-ring (bicyclic) bond motifs is 1. The van der Waals surface area contributed by atoms with E-state index >= 15 is 0 Å². The fourth-order valence-electron chi connectivity index (χ4n) is 1.58. The van der Waals surface area contributed by atoms with Crippen molar-refractivity contribution in [3.05, 3.63) is 42.5 Å². The molecule has 0 radical (unpaired) electrons. The van der Waals surface area contributed by atoms with Crippen LogP contribution in [-0.4, -0.2) is 41.8 Å². The molecule has 0 aliphatic rings. The number of benzene rings is 2. The second kappa shape index (κ2) is 8.28. The minimum Gasteiger partial charge on any atom is -0.387 e. The van der Waals surface area contributed by atoms with E-state index in [4.69, 9.17) is 20.3 Å². The van der Waals surface area contributed by atoms with Gasteiger partial charge in [0.2, 0.25) is 6.16 Å². The maximum Gasteiger partial charge on any atom is 0.508 e. The predicted molar refractivity (Wildman–Crippen MR) is 83.5 cm³/mol. The van der Waals surface area contributed by atoms with E-state index < -0.39 is 24.3 Å². The van der Waals surface area contributed by atoms with Crippen molar-refractivity contribution in [1.29, 1.82) is 0 Å². The average Bonchev–Trinajstić information content (AvgIpc) is 2.45. The van der Waals surface area contributed by atoms with E-state index in [0.29, 0.717) is 0 Å². The predicted octanol–water partition coefficient (Wildman–Crippen LogP) is 1.13. The smallest absolute Gasteiger partial charge is 0.387 e. The summed E-state index contributed by atoms with van der Waals surface area (Å²) >= 11 is 0. The molecule has 0 fully saturated rings. The van der Waals surface area contributed by atoms with Crippen LogP contribution >= 0.6 is 8.03 Å². The first kappa shape index (κ1) is 18.6. The zero-order valence-corrected chi connectivity index (χ0v) is 13.2. The van der Waals surface area contributed by atoms with Gasteiger partial charge in [0.1, 0.15) is 6.10 Å². The van der Waals surface area contributed by atoms with Crippen LogP contribution in [0.1, 0.15) is 0 Å². The summed E-state index contributed by atoms with van der Waals surface area (Å²) in [6.45, 7) is 0.0433. The Morgan fingerprint density at radius 1 is 1.14 bits per heavy atom. The molecule has 0 aliphatic carbocycles. The van der Waals surface area contributed by atoms with Gasteiger partial charge in [-0.2, -0.15) is 13.3 Å². The molecule has 1 unspecified atom stereocenters. The fraction of sp³-hybridized carbons (Fsp3) is 0.231. The highest BCUT2D eigenvalue weighted by molar-refractivity contribution is 7.85. The second-order valence-electron chi connectivity index (χ2n) is 4.41. The first-order valence-corrected chi connectivity index (χ1v) is 9.05. The number of rotatable bonds is 4. The average molecular weight is 346 g/mol. The Kier molecular flexibility index (Phi) is 7.02. The molecule has 7 nitrogen and oxygen atoms in total. The molecule has 0 heterocycles. The topological polar surface area (TPSA) is 138 Å². The van der Waals surface area contributed by atoms with Crippen molar-refractivity contribution in [3.8, 4) is 0 Å². The molecule has 5 N–H and O–H groups in total. The molecule has 2 aromatic rings. The standard InChI is InChI=1S/C10H8O3S.C3H8NO3P/c11-14(12,13)10-6-5-8-3-1-2-4-9(8)7-10;4-1-3(5)2-8(6)7/h1-7H,(H,11,12,13);3,5H,1-2,4H2/p+1/t;3-/m.1/s1. The van der Waals surface area contributed by atoms with E-state index in [1.165, 1.54) is 12.1 Å². The van der Waals surface area contributed by atoms with Crippen molar-refractivity contribution >= 4 is 28.9 Å². The molecule has 0 aromatic heterocycles. The lowest BCUT2D eigenvalue weighted by molar-refractivity contribution is 0.204. The Balaban J connectivity index is 0.000000261. The van der Waals surface area contributed by atoms with Crippen molar-refractivity contribution in [3.63, 3.8) is 0 Å². The summed E-state index contributed by atoms with van der Waals surface area (Å²) < 4.78 is 40.4. The first-order valence-electron chi connectivity index (χ1n) is 6.22. The molecule has 120 valence electrons. The van der Waals surface area contributed by atoms with Gasteiger partial charge >= 0.3 is 8.03 Å². The number of nitrogens with two attached hydrogens (primary N) is 1. The van der Waals surface area contributed by atoms with Crippen molar-refractivity contribution in [2.45, 2.75) is 11.0 Å². The minimum atomic E-state index is -4.09. The number of aliphatic hydroxyl groups excluding tert-OH is 1. The SMILES string of the molecule is NC[C@@H](O)C[P+](=O)O.O=S(=O)(O)c1ccc2ccccc2c1. The molecule has 0 spiro atoms. The third-order valence-electron chi connectivity index (χ3n) is 2.66. The molecule has 0 saturated heterocycles. The molecule has 2 rings (SSSR count). The molecule has 9 heteroatoms. The van der Waals surface area contributed by atoms with Gasteiger partial charge in [-0.05, 0) is 27.5 Å². The first-order chi connectivity index (χ1) is 10.2. The van der Waals surface area contributed by atoms with Gasteiger partial charge in [0.15, 0.2) is 0 Å². The van der Waals surface area contributed by atoms with E-state index in [-0.39, 0.29) is 17.6 Å². The fourth-order valence-corrected chi connectivity index (χ4v) is 2.61. The van der Waals surface area contributed by atoms with Crippen LogP contribution in [0.3, 0.4) is 0 Å². The molecule has 2 atom stereocenters. The molecule has 0 saturated carbocycles. The molecular formula is C13H17NO6PS+. The van der Waals surface area contributed by atoms with Crippen LogP contribution < -0.4 is 5.73 Å². The highest BCUT2D eigenvalue weighted by atomic mass is 32.2. The monoisotopic (exact) mass is 346 g/mol. The van der Waals surface area contributed by atoms with Crippen molar-refractivity contribution in [2.75, 3.05) is 12.7 Å². The number of aliphatic hydroxyl groups is 1. The summed E-state index contributed by atoms with van der Waals surface area (Å²) in [5.74, 6) is 0. The van der Waals surface area contributed by atoms with Gasteiger partial charge in [-0.1, -0.05) is 30.3 Å². The molecular weight excluding hydrogens is 329 g/mol. The van der Waals surface area contributed by atoms with Crippen LogP contribution in [0.5, 0.6) is 0 Å². The summed E-state index contributed by atoms with van der Waals surface area (Å²) in [5.41, 5.74) is 4.93. The van der Waals surface area contributed by atoms with Crippen LogP contribution in [0.25, 0.3) is 10.8 Å². The van der Waals surface area contributed by atoms with Crippen molar-refractivity contribution < 1.29 is 27.5 Å². The number of hydrogen-bond acceptors (Lipinski definition) is 5. The largest absolute Gasteiger partial charge is 0.508 e. The highest BCUT2D eigenvalue weighted by Gasteiger charge is 2.16. The maximum absolute atomic E-state index is 10.8. The Morgan fingerprint density at radius 3 is 2.18 bits per heavy atom. The Bertz CT molecular complexity index is 749. The van der Waals surface area contributed by atoms with Crippen LogP contribution in [-0.2, 0) is 14.7 Å². The minimum absolute atomic E-state index is 0.0433. The van der Waals surface area contributed by atoms with Crippen LogP contribution in [0, 0.1) is 0 Å². The Labute approximate surface area is 129 Å². The maximum atomic E-state index is 10.8. The van der Waals surface area contributed by atoms with E-state index in [1.54, 1.807) is 12.1 Å². The van der Waals surface area contributed by atoms with Crippen molar-refractivity contribution in [2.24, 2.45) is 5.73 Å². The molecule has 0 aliphatic heterocycles. The van der Waals surface area contributed by atoms with Gasteiger partial charge in [0, 0.05) is 6.54 Å². The Hall–Kier alpha value is -1.41. The van der Waals surface area contributed by atoms with E-state index in [2.05, 4.69) is 0 Å². The summed E-state index contributed by atoms with van der Waals surface area (Å²) in [6.07, 6.45) is -0.949. The third-order valence-corrected chi connectivity index (χ3v) is 4.24. The summed E-state index contributed by atoms with van der Waals surface area (Å²) in [6, 6.07) is 11.9. The van der Waals surface area contributed by atoms with Gasteiger partial charge in [0.25, 0.3) is 10.1 Å². The van der Waals surface area contributed by atoms with Gasteiger partial charge < -0.3 is 10.8 Å². The Morgan fingerprint density at radius 2 is 1.73 bits per heavy atom. The van der Waals surface area contributed by atoms with E-state index in [0.717, 1.165) is 10.8 Å². The van der Waals surface area contributed by atoms with Crippen molar-refractivity contribution in [1.82, 2.24) is 0 Å². The summed E-state index contributed by atoms with van der Waals surface area (Å²) in [4.78, 5) is 8.07.